The minimum Gasteiger partial charge on any atom is -0.468 e. The fourth-order valence-electron chi connectivity index (χ4n) is 2.80. The fraction of sp³-hybridized carbons (Fsp3) is 0.733. The lowest BCUT2D eigenvalue weighted by molar-refractivity contribution is 0.0615. The summed E-state index contributed by atoms with van der Waals surface area (Å²) < 4.78 is 10.9. The van der Waals surface area contributed by atoms with Gasteiger partial charge in [0.15, 0.2) is 0 Å². The highest BCUT2D eigenvalue weighted by Crippen LogP contribution is 2.22. The lowest BCUT2D eigenvalue weighted by Crippen LogP contribution is -2.40. The quantitative estimate of drug-likeness (QED) is 0.858. The Balaban J connectivity index is 1.80. The Bertz CT molecular complexity index is 343. The molecule has 4 nitrogen and oxygen atoms in total. The molecule has 1 aliphatic rings. The lowest BCUT2D eigenvalue weighted by atomic mass is 9.93. The van der Waals surface area contributed by atoms with Crippen LogP contribution in [0.3, 0.4) is 0 Å². The molecule has 0 radical (unpaired) electrons. The molecule has 108 valence electrons. The number of rotatable bonds is 6. The van der Waals surface area contributed by atoms with Crippen LogP contribution in [-0.2, 0) is 4.74 Å². The molecule has 1 unspecified atom stereocenters. The molecule has 0 spiro atoms. The maximum absolute atomic E-state index is 5.53. The van der Waals surface area contributed by atoms with E-state index < -0.39 is 0 Å². The monoisotopic (exact) mass is 266 g/mol. The van der Waals surface area contributed by atoms with Crippen molar-refractivity contribution in [3.8, 4) is 0 Å². The number of nitrogens with one attached hydrogen (secondary N) is 1. The van der Waals surface area contributed by atoms with Crippen LogP contribution in [0.25, 0.3) is 0 Å². The number of ether oxygens (including phenoxy) is 1. The van der Waals surface area contributed by atoms with Gasteiger partial charge in [0.25, 0.3) is 0 Å². The first-order valence-electron chi connectivity index (χ1n) is 7.16. The number of hydrogen-bond acceptors (Lipinski definition) is 4. The van der Waals surface area contributed by atoms with Gasteiger partial charge in [-0.05, 0) is 51.9 Å². The van der Waals surface area contributed by atoms with Crippen molar-refractivity contribution >= 4 is 0 Å². The average molecular weight is 266 g/mol. The van der Waals surface area contributed by atoms with Gasteiger partial charge >= 0.3 is 0 Å². The van der Waals surface area contributed by atoms with E-state index in [1.165, 1.54) is 25.7 Å². The molecule has 0 aromatic carbocycles. The summed E-state index contributed by atoms with van der Waals surface area (Å²) in [6.07, 6.45) is 6.96. The zero-order chi connectivity index (χ0) is 13.7. The second-order valence-corrected chi connectivity index (χ2v) is 5.61. The van der Waals surface area contributed by atoms with Crippen molar-refractivity contribution in [2.24, 2.45) is 0 Å². The zero-order valence-electron chi connectivity index (χ0n) is 12.3. The van der Waals surface area contributed by atoms with E-state index in [-0.39, 0.29) is 0 Å². The third-order valence-corrected chi connectivity index (χ3v) is 4.10. The van der Waals surface area contributed by atoms with Crippen LogP contribution in [0, 0.1) is 0 Å². The maximum atomic E-state index is 5.53. The molecule has 1 fully saturated rings. The van der Waals surface area contributed by atoms with Gasteiger partial charge < -0.3 is 14.5 Å². The predicted octanol–water partition coefficient (Wildman–Crippen LogP) is 2.43. The molecule has 2 rings (SSSR count). The standard InChI is InChI=1S/C15H26N2O2/c1-17(2)14(15-5-4-10-19-15)11-16-12-6-8-13(18-3)9-7-12/h4-5,10,12-14,16H,6-9,11H2,1-3H3. The van der Waals surface area contributed by atoms with Crippen molar-refractivity contribution in [3.05, 3.63) is 24.2 Å². The van der Waals surface area contributed by atoms with Gasteiger partial charge in [-0.2, -0.15) is 0 Å². The zero-order valence-corrected chi connectivity index (χ0v) is 12.3. The Hall–Kier alpha value is -0.840. The molecule has 1 heterocycles. The minimum atomic E-state index is 0.301. The molecule has 4 heteroatoms. The first-order chi connectivity index (χ1) is 9.20. The number of likely N-dealkylation sites (N-methyl/N-ethyl adjacent to an activating group) is 1. The lowest BCUT2D eigenvalue weighted by Gasteiger charge is -2.30. The van der Waals surface area contributed by atoms with Gasteiger partial charge in [0, 0.05) is 19.7 Å². The summed E-state index contributed by atoms with van der Waals surface area (Å²) in [7, 11) is 6.00. The van der Waals surface area contributed by atoms with E-state index in [9.17, 15) is 0 Å². The van der Waals surface area contributed by atoms with E-state index >= 15 is 0 Å². The molecule has 1 saturated carbocycles. The van der Waals surface area contributed by atoms with Crippen molar-refractivity contribution in [1.82, 2.24) is 10.2 Å². The molecular weight excluding hydrogens is 240 g/mol. The van der Waals surface area contributed by atoms with E-state index in [2.05, 4.69) is 24.3 Å². The Kier molecular flexibility index (Phi) is 5.43. The molecule has 0 bridgehead atoms. The number of furan rings is 1. The molecule has 19 heavy (non-hydrogen) atoms. The molecule has 1 atom stereocenters. The van der Waals surface area contributed by atoms with E-state index in [0.29, 0.717) is 18.2 Å². The molecule has 0 saturated heterocycles. The van der Waals surface area contributed by atoms with E-state index in [1.54, 1.807) is 6.26 Å². The molecule has 1 aromatic rings. The van der Waals surface area contributed by atoms with E-state index in [1.807, 2.05) is 19.2 Å². The predicted molar refractivity (Wildman–Crippen MR) is 76.2 cm³/mol. The first kappa shape index (κ1) is 14.6. The smallest absolute Gasteiger partial charge is 0.122 e. The minimum absolute atomic E-state index is 0.301. The van der Waals surface area contributed by atoms with Gasteiger partial charge in [-0.15, -0.1) is 0 Å². The molecule has 0 aliphatic heterocycles. The number of methoxy groups -OCH3 is 1. The number of hydrogen-bond donors (Lipinski definition) is 1. The molecule has 1 aliphatic carbocycles. The molecule has 0 amide bonds. The second-order valence-electron chi connectivity index (χ2n) is 5.61. The third kappa shape index (κ3) is 4.06. The summed E-state index contributed by atoms with van der Waals surface area (Å²) in [6, 6.07) is 4.92. The SMILES string of the molecule is COC1CCC(NCC(c2ccco2)N(C)C)CC1. The topological polar surface area (TPSA) is 37.6 Å². The van der Waals surface area contributed by atoms with Crippen LogP contribution in [0.4, 0.5) is 0 Å². The van der Waals surface area contributed by atoms with Crippen molar-refractivity contribution in [1.29, 1.82) is 0 Å². The van der Waals surface area contributed by atoms with Gasteiger partial charge in [0.05, 0.1) is 18.4 Å². The van der Waals surface area contributed by atoms with Crippen LogP contribution >= 0.6 is 0 Å². The Labute approximate surface area is 116 Å². The highest BCUT2D eigenvalue weighted by Gasteiger charge is 2.23. The Morgan fingerprint density at radius 3 is 2.63 bits per heavy atom. The van der Waals surface area contributed by atoms with Gasteiger partial charge in [0.1, 0.15) is 5.76 Å². The van der Waals surface area contributed by atoms with Gasteiger partial charge in [-0.3, -0.25) is 4.90 Å². The molecule has 1 N–H and O–H groups in total. The van der Waals surface area contributed by atoms with Crippen LogP contribution in [-0.4, -0.2) is 44.8 Å². The molecule has 1 aromatic heterocycles. The van der Waals surface area contributed by atoms with Crippen molar-refractivity contribution < 1.29 is 9.15 Å². The van der Waals surface area contributed by atoms with Gasteiger partial charge in [-0.25, -0.2) is 0 Å². The van der Waals surface area contributed by atoms with Crippen molar-refractivity contribution in [2.45, 2.75) is 43.9 Å². The third-order valence-electron chi connectivity index (χ3n) is 4.10. The fourth-order valence-corrected chi connectivity index (χ4v) is 2.80. The van der Waals surface area contributed by atoms with Crippen molar-refractivity contribution in [3.63, 3.8) is 0 Å². The highest BCUT2D eigenvalue weighted by molar-refractivity contribution is 5.05. The highest BCUT2D eigenvalue weighted by atomic mass is 16.5. The van der Waals surface area contributed by atoms with Crippen LogP contribution in [0.1, 0.15) is 37.5 Å². The molecular formula is C15H26N2O2. The van der Waals surface area contributed by atoms with E-state index in [4.69, 9.17) is 9.15 Å². The van der Waals surface area contributed by atoms with Crippen molar-refractivity contribution in [2.75, 3.05) is 27.7 Å². The van der Waals surface area contributed by atoms with Crippen LogP contribution in [0.2, 0.25) is 0 Å². The van der Waals surface area contributed by atoms with Crippen LogP contribution in [0.15, 0.2) is 22.8 Å². The Morgan fingerprint density at radius 1 is 1.37 bits per heavy atom. The normalized spacial score (nSPS) is 25.7. The summed E-state index contributed by atoms with van der Waals surface area (Å²) >= 11 is 0. The second kappa shape index (κ2) is 7.08. The summed E-state index contributed by atoms with van der Waals surface area (Å²) in [6.45, 7) is 0.933. The summed E-state index contributed by atoms with van der Waals surface area (Å²) in [5, 5.41) is 3.68. The maximum Gasteiger partial charge on any atom is 0.122 e. The van der Waals surface area contributed by atoms with Crippen LogP contribution in [0.5, 0.6) is 0 Å². The van der Waals surface area contributed by atoms with Crippen LogP contribution < -0.4 is 5.32 Å². The summed E-state index contributed by atoms with van der Waals surface area (Å²) in [5.41, 5.74) is 0. The first-order valence-corrected chi connectivity index (χ1v) is 7.16. The summed E-state index contributed by atoms with van der Waals surface area (Å²) in [4.78, 5) is 2.20. The summed E-state index contributed by atoms with van der Waals surface area (Å²) in [5.74, 6) is 1.03. The Morgan fingerprint density at radius 2 is 2.11 bits per heavy atom. The average Bonchev–Trinajstić information content (AvgIpc) is 2.93. The van der Waals surface area contributed by atoms with Gasteiger partial charge in [0.2, 0.25) is 0 Å². The number of nitrogens with zero attached hydrogens (tertiary/aromatic N) is 1. The van der Waals surface area contributed by atoms with Gasteiger partial charge in [-0.1, -0.05) is 0 Å². The van der Waals surface area contributed by atoms with E-state index in [0.717, 1.165) is 12.3 Å². The largest absolute Gasteiger partial charge is 0.468 e.